The van der Waals surface area contributed by atoms with Crippen molar-refractivity contribution in [3.05, 3.63) is 52.0 Å². The molecule has 4 heteroatoms. The van der Waals surface area contributed by atoms with Crippen LogP contribution in [0.3, 0.4) is 0 Å². The summed E-state index contributed by atoms with van der Waals surface area (Å²) in [7, 11) is 0. The minimum atomic E-state index is 0.276. The van der Waals surface area contributed by atoms with E-state index in [9.17, 15) is 0 Å². The first-order chi connectivity index (χ1) is 9.24. The molecule has 0 fully saturated rings. The number of hydrogen-bond donors (Lipinski definition) is 1. The topological polar surface area (TPSA) is 42.2 Å². The number of aryl methyl sites for hydroxylation is 1. The van der Waals surface area contributed by atoms with E-state index < -0.39 is 0 Å². The van der Waals surface area contributed by atoms with Crippen molar-refractivity contribution >= 4 is 11.3 Å². The molecule has 0 saturated carbocycles. The smallest absolute Gasteiger partial charge is 0.0547 e. The SMILES string of the molecule is CCN(Cc1cccc(C)n1)C(CN)c1ccsc1. The van der Waals surface area contributed by atoms with Gasteiger partial charge in [0.05, 0.1) is 5.69 Å². The first kappa shape index (κ1) is 14.2. The molecule has 2 aromatic heterocycles. The quantitative estimate of drug-likeness (QED) is 0.881. The summed E-state index contributed by atoms with van der Waals surface area (Å²) in [6.45, 7) is 6.64. The van der Waals surface area contributed by atoms with E-state index in [0.29, 0.717) is 6.54 Å². The fourth-order valence-corrected chi connectivity index (χ4v) is 3.01. The molecule has 0 spiro atoms. The molecule has 1 unspecified atom stereocenters. The first-order valence-corrected chi connectivity index (χ1v) is 7.57. The summed E-state index contributed by atoms with van der Waals surface area (Å²) in [5, 5.41) is 4.29. The lowest BCUT2D eigenvalue weighted by molar-refractivity contribution is 0.201. The molecule has 0 aliphatic heterocycles. The van der Waals surface area contributed by atoms with Crippen molar-refractivity contribution in [2.45, 2.75) is 26.4 Å². The maximum atomic E-state index is 5.97. The van der Waals surface area contributed by atoms with Crippen LogP contribution in [0, 0.1) is 6.92 Å². The molecule has 2 heterocycles. The second-order valence-corrected chi connectivity index (χ2v) is 5.42. The molecule has 0 aliphatic rings. The standard InChI is InChI=1S/C15H21N3S/c1-3-18(10-14-6-4-5-12(2)17-14)15(9-16)13-7-8-19-11-13/h4-8,11,15H,3,9-10,16H2,1-2H3. The van der Waals surface area contributed by atoms with Crippen LogP contribution in [0.2, 0.25) is 0 Å². The number of rotatable bonds is 6. The van der Waals surface area contributed by atoms with E-state index in [2.05, 4.69) is 45.8 Å². The Kier molecular flexibility index (Phi) is 5.07. The summed E-state index contributed by atoms with van der Waals surface area (Å²) in [6.07, 6.45) is 0. The number of pyridine rings is 1. The lowest BCUT2D eigenvalue weighted by Crippen LogP contribution is -2.33. The second-order valence-electron chi connectivity index (χ2n) is 4.64. The van der Waals surface area contributed by atoms with Gasteiger partial charge in [0.15, 0.2) is 0 Å². The third kappa shape index (κ3) is 3.62. The van der Waals surface area contributed by atoms with Crippen LogP contribution in [-0.4, -0.2) is 23.0 Å². The highest BCUT2D eigenvalue weighted by atomic mass is 32.1. The zero-order chi connectivity index (χ0) is 13.7. The zero-order valence-corrected chi connectivity index (χ0v) is 12.4. The summed E-state index contributed by atoms with van der Waals surface area (Å²) in [6, 6.07) is 8.61. The maximum absolute atomic E-state index is 5.97. The highest BCUT2D eigenvalue weighted by Crippen LogP contribution is 2.23. The van der Waals surface area contributed by atoms with Crippen LogP contribution in [0.15, 0.2) is 35.0 Å². The van der Waals surface area contributed by atoms with Gasteiger partial charge in [0.25, 0.3) is 0 Å². The molecule has 0 radical (unpaired) electrons. The van der Waals surface area contributed by atoms with Crippen LogP contribution < -0.4 is 5.73 Å². The second kappa shape index (κ2) is 6.80. The molecule has 19 heavy (non-hydrogen) atoms. The summed E-state index contributed by atoms with van der Waals surface area (Å²) in [5.41, 5.74) is 9.44. The molecule has 102 valence electrons. The Morgan fingerprint density at radius 3 is 2.79 bits per heavy atom. The highest BCUT2D eigenvalue weighted by Gasteiger charge is 2.18. The van der Waals surface area contributed by atoms with Crippen LogP contribution in [0.4, 0.5) is 0 Å². The van der Waals surface area contributed by atoms with Gasteiger partial charge in [0.2, 0.25) is 0 Å². The van der Waals surface area contributed by atoms with Crippen molar-refractivity contribution in [1.82, 2.24) is 9.88 Å². The summed E-state index contributed by atoms with van der Waals surface area (Å²) < 4.78 is 0. The predicted octanol–water partition coefficient (Wildman–Crippen LogP) is 2.97. The van der Waals surface area contributed by atoms with Crippen LogP contribution in [0.1, 0.15) is 29.9 Å². The lowest BCUT2D eigenvalue weighted by Gasteiger charge is -2.29. The fraction of sp³-hybridized carbons (Fsp3) is 0.400. The number of thiophene rings is 1. The molecule has 2 rings (SSSR count). The fourth-order valence-electron chi connectivity index (χ4n) is 2.30. The largest absolute Gasteiger partial charge is 0.329 e. The van der Waals surface area contributed by atoms with E-state index in [0.717, 1.165) is 24.5 Å². The Bertz CT molecular complexity index is 496. The Balaban J connectivity index is 2.15. The molecule has 2 N–H and O–H groups in total. The third-order valence-corrected chi connectivity index (χ3v) is 4.01. The van der Waals surface area contributed by atoms with Gasteiger partial charge in [-0.1, -0.05) is 13.0 Å². The number of hydrogen-bond acceptors (Lipinski definition) is 4. The van der Waals surface area contributed by atoms with E-state index in [4.69, 9.17) is 5.73 Å². The van der Waals surface area contributed by atoms with Gasteiger partial charge in [-0.25, -0.2) is 0 Å². The zero-order valence-electron chi connectivity index (χ0n) is 11.5. The van der Waals surface area contributed by atoms with E-state index >= 15 is 0 Å². The Morgan fingerprint density at radius 2 is 2.21 bits per heavy atom. The van der Waals surface area contributed by atoms with Crippen LogP contribution in [-0.2, 0) is 6.54 Å². The maximum Gasteiger partial charge on any atom is 0.0547 e. The number of likely N-dealkylation sites (N-methyl/N-ethyl adjacent to an activating group) is 1. The van der Waals surface area contributed by atoms with Gasteiger partial charge in [0.1, 0.15) is 0 Å². The molecule has 0 aromatic carbocycles. The normalized spacial score (nSPS) is 12.8. The first-order valence-electron chi connectivity index (χ1n) is 6.63. The summed E-state index contributed by atoms with van der Waals surface area (Å²) in [4.78, 5) is 6.96. The summed E-state index contributed by atoms with van der Waals surface area (Å²) >= 11 is 1.72. The van der Waals surface area contributed by atoms with E-state index in [1.165, 1.54) is 5.56 Å². The van der Waals surface area contributed by atoms with Gasteiger partial charge < -0.3 is 5.73 Å². The number of aromatic nitrogens is 1. The van der Waals surface area contributed by atoms with Gasteiger partial charge in [-0.2, -0.15) is 11.3 Å². The van der Waals surface area contributed by atoms with Crippen molar-refractivity contribution in [2.24, 2.45) is 5.73 Å². The van der Waals surface area contributed by atoms with Crippen LogP contribution >= 0.6 is 11.3 Å². The lowest BCUT2D eigenvalue weighted by atomic mass is 10.1. The highest BCUT2D eigenvalue weighted by molar-refractivity contribution is 7.07. The Morgan fingerprint density at radius 1 is 1.37 bits per heavy atom. The minimum absolute atomic E-state index is 0.276. The van der Waals surface area contributed by atoms with Gasteiger partial charge in [0, 0.05) is 24.8 Å². The van der Waals surface area contributed by atoms with E-state index in [-0.39, 0.29) is 6.04 Å². The molecular formula is C15H21N3S. The minimum Gasteiger partial charge on any atom is -0.329 e. The molecule has 2 aromatic rings. The average Bonchev–Trinajstić information content (AvgIpc) is 2.92. The molecule has 0 bridgehead atoms. The third-order valence-electron chi connectivity index (χ3n) is 3.31. The van der Waals surface area contributed by atoms with Crippen molar-refractivity contribution in [1.29, 1.82) is 0 Å². The van der Waals surface area contributed by atoms with E-state index in [1.807, 2.05) is 13.0 Å². The van der Waals surface area contributed by atoms with E-state index in [1.54, 1.807) is 11.3 Å². The Hall–Kier alpha value is -1.23. The van der Waals surface area contributed by atoms with Crippen molar-refractivity contribution < 1.29 is 0 Å². The molecule has 0 amide bonds. The Labute approximate surface area is 119 Å². The van der Waals surface area contributed by atoms with Crippen molar-refractivity contribution in [2.75, 3.05) is 13.1 Å². The average molecular weight is 275 g/mol. The molecule has 1 atom stereocenters. The van der Waals surface area contributed by atoms with Gasteiger partial charge in [-0.3, -0.25) is 9.88 Å². The molecule has 0 aliphatic carbocycles. The number of nitrogens with two attached hydrogens (primary N) is 1. The molecular weight excluding hydrogens is 254 g/mol. The van der Waals surface area contributed by atoms with Crippen LogP contribution in [0.25, 0.3) is 0 Å². The predicted molar refractivity (Wildman–Crippen MR) is 81.2 cm³/mol. The van der Waals surface area contributed by atoms with Crippen molar-refractivity contribution in [3.63, 3.8) is 0 Å². The number of nitrogens with zero attached hydrogens (tertiary/aromatic N) is 2. The van der Waals surface area contributed by atoms with Crippen LogP contribution in [0.5, 0.6) is 0 Å². The van der Waals surface area contributed by atoms with Gasteiger partial charge >= 0.3 is 0 Å². The molecule has 0 saturated heterocycles. The van der Waals surface area contributed by atoms with Crippen molar-refractivity contribution in [3.8, 4) is 0 Å². The van der Waals surface area contributed by atoms with Gasteiger partial charge in [-0.05, 0) is 48.0 Å². The van der Waals surface area contributed by atoms with Gasteiger partial charge in [-0.15, -0.1) is 0 Å². The summed E-state index contributed by atoms with van der Waals surface area (Å²) in [5.74, 6) is 0. The molecule has 3 nitrogen and oxygen atoms in total. The monoisotopic (exact) mass is 275 g/mol.